The highest BCUT2D eigenvalue weighted by Crippen LogP contribution is 2.36. The smallest absolute Gasteiger partial charge is 0.182 e. The zero-order valence-electron chi connectivity index (χ0n) is 16.5. The highest BCUT2D eigenvalue weighted by Gasteiger charge is 2.29. The summed E-state index contributed by atoms with van der Waals surface area (Å²) in [6.45, 7) is 0.852. The monoisotopic (exact) mass is 387 g/mol. The Balaban J connectivity index is 1.54. The van der Waals surface area contributed by atoms with E-state index in [1.165, 1.54) is 0 Å². The van der Waals surface area contributed by atoms with Gasteiger partial charge in [0.25, 0.3) is 0 Å². The Hall–Kier alpha value is -3.11. The van der Waals surface area contributed by atoms with Gasteiger partial charge in [-0.05, 0) is 42.9 Å². The first kappa shape index (κ1) is 19.2. The molecule has 1 aliphatic heterocycles. The van der Waals surface area contributed by atoms with Crippen LogP contribution < -0.4 is 14.8 Å². The van der Waals surface area contributed by atoms with Crippen molar-refractivity contribution in [2.24, 2.45) is 0 Å². The highest BCUT2D eigenvalue weighted by atomic mass is 16.5. The summed E-state index contributed by atoms with van der Waals surface area (Å²) in [7, 11) is 1.94. The molecular weight excluding hydrogens is 362 g/mol. The van der Waals surface area contributed by atoms with E-state index < -0.39 is 6.10 Å². The van der Waals surface area contributed by atoms with Gasteiger partial charge >= 0.3 is 0 Å². The van der Waals surface area contributed by atoms with Crippen LogP contribution in [0, 0.1) is 0 Å². The molecule has 1 heterocycles. The van der Waals surface area contributed by atoms with Crippen molar-refractivity contribution in [2.75, 3.05) is 13.6 Å². The maximum absolute atomic E-state index is 12.7. The number of fused-ring (bicyclic) bond motifs is 1. The summed E-state index contributed by atoms with van der Waals surface area (Å²) in [6, 6.07) is 25.6. The Morgan fingerprint density at radius 1 is 1.03 bits per heavy atom. The fraction of sp³-hybridized carbons (Fsp3) is 0.240. The van der Waals surface area contributed by atoms with Gasteiger partial charge in [-0.2, -0.15) is 0 Å². The maximum Gasteiger partial charge on any atom is 0.182 e. The molecular formula is C25H25NO3. The predicted molar refractivity (Wildman–Crippen MR) is 113 cm³/mol. The minimum Gasteiger partial charge on any atom is -0.486 e. The third kappa shape index (κ3) is 4.49. The van der Waals surface area contributed by atoms with Crippen molar-refractivity contribution < 1.29 is 14.3 Å². The number of carbonyl (C=O) groups is 1. The molecule has 0 amide bonds. The van der Waals surface area contributed by atoms with Crippen LogP contribution in [0.5, 0.6) is 11.5 Å². The van der Waals surface area contributed by atoms with Crippen molar-refractivity contribution in [1.82, 2.24) is 5.32 Å². The van der Waals surface area contributed by atoms with Crippen LogP contribution in [0.1, 0.15) is 35.3 Å². The number of hydrogen-bond acceptors (Lipinski definition) is 4. The molecule has 0 aliphatic carbocycles. The Kier molecular flexibility index (Phi) is 5.92. The van der Waals surface area contributed by atoms with E-state index >= 15 is 0 Å². The van der Waals surface area contributed by atoms with Gasteiger partial charge in [0.2, 0.25) is 0 Å². The molecule has 2 atom stereocenters. The molecule has 148 valence electrons. The molecule has 4 nitrogen and oxygen atoms in total. The minimum atomic E-state index is -0.539. The number of ketones is 1. The van der Waals surface area contributed by atoms with Crippen molar-refractivity contribution in [2.45, 2.75) is 25.0 Å². The zero-order valence-corrected chi connectivity index (χ0v) is 16.5. The van der Waals surface area contributed by atoms with Gasteiger partial charge in [0.1, 0.15) is 17.6 Å². The number of ether oxygens (including phenoxy) is 2. The maximum atomic E-state index is 12.7. The van der Waals surface area contributed by atoms with Crippen LogP contribution >= 0.6 is 0 Å². The van der Waals surface area contributed by atoms with E-state index in [0.29, 0.717) is 6.42 Å². The van der Waals surface area contributed by atoms with E-state index in [0.717, 1.165) is 41.2 Å². The lowest BCUT2D eigenvalue weighted by Gasteiger charge is -2.26. The van der Waals surface area contributed by atoms with E-state index in [9.17, 15) is 4.79 Å². The molecule has 0 bridgehead atoms. The Morgan fingerprint density at radius 3 is 2.48 bits per heavy atom. The summed E-state index contributed by atoms with van der Waals surface area (Å²) < 4.78 is 12.3. The lowest BCUT2D eigenvalue weighted by molar-refractivity contribution is -0.126. The molecule has 0 saturated heterocycles. The average Bonchev–Trinajstić information content (AvgIpc) is 2.77. The first-order valence-corrected chi connectivity index (χ1v) is 9.98. The number of carbonyl (C=O) groups excluding carboxylic acids is 1. The quantitative estimate of drug-likeness (QED) is 0.640. The van der Waals surface area contributed by atoms with E-state index in [4.69, 9.17) is 9.47 Å². The molecule has 3 aromatic rings. The molecule has 3 aromatic carbocycles. The molecule has 0 radical (unpaired) electrons. The van der Waals surface area contributed by atoms with E-state index in [1.807, 2.05) is 73.8 Å². The van der Waals surface area contributed by atoms with Crippen LogP contribution in [0.2, 0.25) is 0 Å². The van der Waals surface area contributed by atoms with Gasteiger partial charge in [-0.3, -0.25) is 4.79 Å². The van der Waals surface area contributed by atoms with Crippen molar-refractivity contribution in [1.29, 1.82) is 0 Å². The molecule has 0 saturated carbocycles. The molecule has 2 unspecified atom stereocenters. The lowest BCUT2D eigenvalue weighted by atomic mass is 9.96. The molecule has 0 aromatic heterocycles. The van der Waals surface area contributed by atoms with Crippen LogP contribution in [0.25, 0.3) is 0 Å². The van der Waals surface area contributed by atoms with Gasteiger partial charge in [0.05, 0.1) is 0 Å². The highest BCUT2D eigenvalue weighted by molar-refractivity contribution is 5.88. The Labute approximate surface area is 171 Å². The topological polar surface area (TPSA) is 47.6 Å². The molecule has 0 spiro atoms. The summed E-state index contributed by atoms with van der Waals surface area (Å²) >= 11 is 0. The SMILES string of the molecule is CNCCC(Oc1ccc2c(c1)CC(=O)C(c1ccccc1)O2)c1ccccc1. The standard InChI is InChI=1S/C25H25NO3/c1-26-15-14-24(18-8-4-2-5-9-18)28-21-12-13-23-20(16-21)17-22(27)25(29-23)19-10-6-3-7-11-19/h2-13,16,24-26H,14-15,17H2,1H3. The van der Waals surface area contributed by atoms with E-state index in [2.05, 4.69) is 17.4 Å². The molecule has 4 rings (SSSR count). The zero-order chi connectivity index (χ0) is 20.1. The van der Waals surface area contributed by atoms with Gasteiger partial charge in [0.15, 0.2) is 11.9 Å². The number of Topliss-reactive ketones (excluding diaryl/α,β-unsaturated/α-hetero) is 1. The Bertz CT molecular complexity index is 956. The molecule has 1 aliphatic rings. The van der Waals surface area contributed by atoms with Crippen molar-refractivity contribution in [3.63, 3.8) is 0 Å². The summed E-state index contributed by atoms with van der Waals surface area (Å²) in [6.07, 6.45) is 0.601. The Morgan fingerprint density at radius 2 is 1.76 bits per heavy atom. The fourth-order valence-electron chi connectivity index (χ4n) is 3.64. The second-order valence-corrected chi connectivity index (χ2v) is 7.23. The summed E-state index contributed by atoms with van der Waals surface area (Å²) in [5.74, 6) is 1.57. The number of hydrogen-bond donors (Lipinski definition) is 1. The molecule has 29 heavy (non-hydrogen) atoms. The first-order valence-electron chi connectivity index (χ1n) is 9.98. The molecule has 4 heteroatoms. The fourth-order valence-corrected chi connectivity index (χ4v) is 3.64. The summed E-state index contributed by atoms with van der Waals surface area (Å²) in [4.78, 5) is 12.7. The molecule has 0 fully saturated rings. The van der Waals surface area contributed by atoms with Crippen LogP contribution in [0.4, 0.5) is 0 Å². The predicted octanol–water partition coefficient (Wildman–Crippen LogP) is 4.66. The second-order valence-electron chi connectivity index (χ2n) is 7.23. The van der Waals surface area contributed by atoms with Crippen molar-refractivity contribution in [3.8, 4) is 11.5 Å². The van der Waals surface area contributed by atoms with Gasteiger partial charge in [-0.15, -0.1) is 0 Å². The van der Waals surface area contributed by atoms with Gasteiger partial charge in [0, 0.05) is 18.4 Å². The van der Waals surface area contributed by atoms with Crippen LogP contribution in [-0.2, 0) is 11.2 Å². The second kappa shape index (κ2) is 8.93. The average molecular weight is 387 g/mol. The van der Waals surface area contributed by atoms with Crippen molar-refractivity contribution >= 4 is 5.78 Å². The van der Waals surface area contributed by atoms with Gasteiger partial charge in [-0.1, -0.05) is 60.7 Å². The largest absolute Gasteiger partial charge is 0.486 e. The molecule has 1 N–H and O–H groups in total. The van der Waals surface area contributed by atoms with Crippen LogP contribution in [0.15, 0.2) is 78.9 Å². The minimum absolute atomic E-state index is 0.0565. The third-order valence-corrected chi connectivity index (χ3v) is 5.14. The number of nitrogens with one attached hydrogen (secondary N) is 1. The number of benzene rings is 3. The van der Waals surface area contributed by atoms with Crippen LogP contribution in [-0.4, -0.2) is 19.4 Å². The van der Waals surface area contributed by atoms with Gasteiger partial charge in [-0.25, -0.2) is 0 Å². The summed E-state index contributed by atoms with van der Waals surface area (Å²) in [5, 5.41) is 3.19. The first-order chi connectivity index (χ1) is 14.2. The number of rotatable bonds is 7. The normalized spacial score (nSPS) is 16.6. The van der Waals surface area contributed by atoms with E-state index in [-0.39, 0.29) is 11.9 Å². The summed E-state index contributed by atoms with van der Waals surface area (Å²) in [5.41, 5.74) is 2.90. The van der Waals surface area contributed by atoms with Crippen molar-refractivity contribution in [3.05, 3.63) is 95.6 Å². The lowest BCUT2D eigenvalue weighted by Crippen LogP contribution is -2.25. The van der Waals surface area contributed by atoms with E-state index in [1.54, 1.807) is 0 Å². The third-order valence-electron chi connectivity index (χ3n) is 5.14. The van der Waals surface area contributed by atoms with Gasteiger partial charge < -0.3 is 14.8 Å². The van der Waals surface area contributed by atoms with Crippen LogP contribution in [0.3, 0.4) is 0 Å².